The number of carbonyl (C=O) groups is 1. The molecule has 0 atom stereocenters. The second-order valence-electron chi connectivity index (χ2n) is 7.03. The van der Waals surface area contributed by atoms with Crippen LogP contribution in [-0.4, -0.2) is 44.3 Å². The predicted octanol–water partition coefficient (Wildman–Crippen LogP) is 3.93. The standard InChI is InChI=1S/C21H21N3O4S/c1-26-16-10-13(11-17-19(16)28-9-8-27-17)20(25)22-14-4-5-15-18(12-14)29-21(23-15)24-6-2-3-7-24/h4-5,10-12H,2-3,6-9H2,1H3,(H,22,25). The van der Waals surface area contributed by atoms with E-state index in [1.54, 1.807) is 30.6 Å². The Morgan fingerprint density at radius 3 is 2.83 bits per heavy atom. The molecular weight excluding hydrogens is 390 g/mol. The molecule has 0 aliphatic carbocycles. The van der Waals surface area contributed by atoms with Crippen molar-refractivity contribution in [3.05, 3.63) is 35.9 Å². The number of nitrogens with one attached hydrogen (secondary N) is 1. The first kappa shape index (κ1) is 18.1. The van der Waals surface area contributed by atoms with Gasteiger partial charge in [0.2, 0.25) is 5.75 Å². The van der Waals surface area contributed by atoms with E-state index in [4.69, 9.17) is 19.2 Å². The molecule has 1 N–H and O–H groups in total. The molecule has 0 saturated carbocycles. The molecule has 2 aliphatic heterocycles. The van der Waals surface area contributed by atoms with Crippen LogP contribution in [0.3, 0.4) is 0 Å². The highest BCUT2D eigenvalue weighted by Crippen LogP contribution is 2.40. The van der Waals surface area contributed by atoms with Crippen LogP contribution in [0.5, 0.6) is 17.2 Å². The van der Waals surface area contributed by atoms with Crippen molar-refractivity contribution in [2.45, 2.75) is 12.8 Å². The molecule has 29 heavy (non-hydrogen) atoms. The van der Waals surface area contributed by atoms with Crippen molar-refractivity contribution in [2.24, 2.45) is 0 Å². The number of aromatic nitrogens is 1. The van der Waals surface area contributed by atoms with E-state index in [1.807, 2.05) is 18.2 Å². The number of rotatable bonds is 4. The smallest absolute Gasteiger partial charge is 0.255 e. The molecular formula is C21H21N3O4S. The summed E-state index contributed by atoms with van der Waals surface area (Å²) in [6, 6.07) is 9.15. The number of nitrogens with zero attached hydrogens (tertiary/aromatic N) is 2. The van der Waals surface area contributed by atoms with Gasteiger partial charge < -0.3 is 24.4 Å². The average Bonchev–Trinajstić information content (AvgIpc) is 3.42. The van der Waals surface area contributed by atoms with Crippen LogP contribution in [0.25, 0.3) is 10.2 Å². The van der Waals surface area contributed by atoms with Crippen LogP contribution in [0.4, 0.5) is 10.8 Å². The van der Waals surface area contributed by atoms with Crippen molar-refractivity contribution in [1.82, 2.24) is 4.98 Å². The Balaban J connectivity index is 1.39. The third-order valence-corrected chi connectivity index (χ3v) is 6.18. The summed E-state index contributed by atoms with van der Waals surface area (Å²) in [5.41, 5.74) is 2.14. The molecule has 1 fully saturated rings. The van der Waals surface area contributed by atoms with Crippen molar-refractivity contribution in [2.75, 3.05) is 43.6 Å². The van der Waals surface area contributed by atoms with E-state index in [1.165, 1.54) is 12.8 Å². The fraction of sp³-hybridized carbons (Fsp3) is 0.333. The minimum absolute atomic E-state index is 0.232. The summed E-state index contributed by atoms with van der Waals surface area (Å²) < 4.78 is 17.6. The van der Waals surface area contributed by atoms with E-state index in [0.29, 0.717) is 36.0 Å². The molecule has 5 rings (SSSR count). The van der Waals surface area contributed by atoms with Crippen LogP contribution >= 0.6 is 11.3 Å². The molecule has 3 heterocycles. The van der Waals surface area contributed by atoms with Gasteiger partial charge in [0.1, 0.15) is 13.2 Å². The molecule has 1 saturated heterocycles. The fourth-order valence-corrected chi connectivity index (χ4v) is 4.70. The van der Waals surface area contributed by atoms with Crippen molar-refractivity contribution in [3.63, 3.8) is 0 Å². The summed E-state index contributed by atoms with van der Waals surface area (Å²) in [4.78, 5) is 19.9. The number of ether oxygens (including phenoxy) is 3. The number of methoxy groups -OCH3 is 1. The van der Waals surface area contributed by atoms with E-state index < -0.39 is 0 Å². The highest BCUT2D eigenvalue weighted by Gasteiger charge is 2.21. The van der Waals surface area contributed by atoms with Crippen molar-refractivity contribution >= 4 is 38.3 Å². The number of fused-ring (bicyclic) bond motifs is 2. The number of anilines is 2. The first-order valence-electron chi connectivity index (χ1n) is 9.66. The maximum atomic E-state index is 12.8. The lowest BCUT2D eigenvalue weighted by molar-refractivity contribution is 0.102. The molecule has 0 spiro atoms. The molecule has 0 unspecified atom stereocenters. The molecule has 3 aromatic rings. The summed E-state index contributed by atoms with van der Waals surface area (Å²) in [5, 5.41) is 4.01. The quantitative estimate of drug-likeness (QED) is 0.701. The third-order valence-electron chi connectivity index (χ3n) is 5.10. The number of thiazole rings is 1. The van der Waals surface area contributed by atoms with Crippen molar-refractivity contribution in [1.29, 1.82) is 0 Å². The zero-order valence-corrected chi connectivity index (χ0v) is 16.9. The number of benzene rings is 2. The topological polar surface area (TPSA) is 72.9 Å². The summed E-state index contributed by atoms with van der Waals surface area (Å²) in [7, 11) is 1.55. The van der Waals surface area contributed by atoms with Gasteiger partial charge in [0.25, 0.3) is 5.91 Å². The molecule has 2 aromatic carbocycles. The Bertz CT molecular complexity index is 1060. The lowest BCUT2D eigenvalue weighted by Crippen LogP contribution is -2.18. The van der Waals surface area contributed by atoms with Crippen molar-refractivity contribution in [3.8, 4) is 17.2 Å². The molecule has 0 radical (unpaired) electrons. The van der Waals surface area contributed by atoms with Gasteiger partial charge in [0.05, 0.1) is 17.3 Å². The van der Waals surface area contributed by atoms with Gasteiger partial charge in [-0.05, 0) is 43.2 Å². The predicted molar refractivity (Wildman–Crippen MR) is 113 cm³/mol. The lowest BCUT2D eigenvalue weighted by Gasteiger charge is -2.21. The van der Waals surface area contributed by atoms with Gasteiger partial charge in [0.15, 0.2) is 16.6 Å². The monoisotopic (exact) mass is 411 g/mol. The van der Waals surface area contributed by atoms with Gasteiger partial charge in [0, 0.05) is 24.3 Å². The Labute approximate surface area is 172 Å². The lowest BCUT2D eigenvalue weighted by atomic mass is 10.1. The average molecular weight is 411 g/mol. The Kier molecular flexibility index (Phi) is 4.63. The van der Waals surface area contributed by atoms with Gasteiger partial charge in [-0.2, -0.15) is 0 Å². The van der Waals surface area contributed by atoms with Gasteiger partial charge in [-0.15, -0.1) is 0 Å². The SMILES string of the molecule is COc1cc(C(=O)Nc2ccc3nc(N4CCCC4)sc3c2)cc2c1OCCO2. The summed E-state index contributed by atoms with van der Waals surface area (Å²) in [5.74, 6) is 1.31. The number of hydrogen-bond donors (Lipinski definition) is 1. The Morgan fingerprint density at radius 1 is 1.17 bits per heavy atom. The summed E-state index contributed by atoms with van der Waals surface area (Å²) in [6.45, 7) is 3.04. The molecule has 0 bridgehead atoms. The normalized spacial score (nSPS) is 15.6. The highest BCUT2D eigenvalue weighted by molar-refractivity contribution is 7.22. The van der Waals surface area contributed by atoms with Gasteiger partial charge in [-0.3, -0.25) is 4.79 Å². The largest absolute Gasteiger partial charge is 0.493 e. The van der Waals surface area contributed by atoms with Crippen LogP contribution in [0, 0.1) is 0 Å². The molecule has 150 valence electrons. The van der Waals surface area contributed by atoms with E-state index in [9.17, 15) is 4.79 Å². The van der Waals surface area contributed by atoms with E-state index >= 15 is 0 Å². The van der Waals surface area contributed by atoms with Crippen LogP contribution < -0.4 is 24.4 Å². The highest BCUT2D eigenvalue weighted by atomic mass is 32.1. The summed E-state index contributed by atoms with van der Waals surface area (Å²) >= 11 is 1.66. The second kappa shape index (κ2) is 7.44. The molecule has 1 amide bonds. The maximum absolute atomic E-state index is 12.8. The van der Waals surface area contributed by atoms with E-state index in [-0.39, 0.29) is 5.91 Å². The zero-order chi connectivity index (χ0) is 19.8. The first-order valence-corrected chi connectivity index (χ1v) is 10.5. The van der Waals surface area contributed by atoms with E-state index in [2.05, 4.69) is 10.2 Å². The number of carbonyl (C=O) groups excluding carboxylic acids is 1. The van der Waals surface area contributed by atoms with Crippen LogP contribution in [-0.2, 0) is 0 Å². The molecule has 7 nitrogen and oxygen atoms in total. The third kappa shape index (κ3) is 3.44. The number of amides is 1. The Morgan fingerprint density at radius 2 is 2.00 bits per heavy atom. The van der Waals surface area contributed by atoms with Crippen LogP contribution in [0.15, 0.2) is 30.3 Å². The summed E-state index contributed by atoms with van der Waals surface area (Å²) in [6.07, 6.45) is 2.44. The van der Waals surface area contributed by atoms with Gasteiger partial charge in [-0.25, -0.2) is 4.98 Å². The fourth-order valence-electron chi connectivity index (χ4n) is 3.64. The number of hydrogen-bond acceptors (Lipinski definition) is 7. The van der Waals surface area contributed by atoms with E-state index in [0.717, 1.165) is 34.1 Å². The molecule has 8 heteroatoms. The minimum atomic E-state index is -0.232. The first-order chi connectivity index (χ1) is 14.2. The van der Waals surface area contributed by atoms with Gasteiger partial charge in [-0.1, -0.05) is 11.3 Å². The second-order valence-corrected chi connectivity index (χ2v) is 8.04. The minimum Gasteiger partial charge on any atom is -0.493 e. The Hall–Kier alpha value is -3.00. The van der Waals surface area contributed by atoms with Crippen molar-refractivity contribution < 1.29 is 19.0 Å². The molecule has 1 aromatic heterocycles. The zero-order valence-electron chi connectivity index (χ0n) is 16.1. The maximum Gasteiger partial charge on any atom is 0.255 e. The van der Waals surface area contributed by atoms with Gasteiger partial charge >= 0.3 is 0 Å². The van der Waals surface area contributed by atoms with Crippen LogP contribution in [0.2, 0.25) is 0 Å². The van der Waals surface area contributed by atoms with Crippen LogP contribution in [0.1, 0.15) is 23.2 Å². The molecule has 2 aliphatic rings.